The van der Waals surface area contributed by atoms with E-state index in [-0.39, 0.29) is 17.5 Å². The minimum Gasteiger partial charge on any atom is -0.494 e. The molecule has 5 heteroatoms. The molecule has 0 bridgehead atoms. The van der Waals surface area contributed by atoms with Crippen molar-refractivity contribution in [1.82, 2.24) is 5.32 Å². The molecule has 0 aromatic heterocycles. The Morgan fingerprint density at radius 1 is 1.10 bits per heavy atom. The normalized spacial score (nSPS) is 14.0. The zero-order valence-corrected chi connectivity index (χ0v) is 18.7. The Hall–Kier alpha value is -3.00. The van der Waals surface area contributed by atoms with Gasteiger partial charge in [0.25, 0.3) is 0 Å². The molecule has 2 aromatic carbocycles. The van der Waals surface area contributed by atoms with Crippen molar-refractivity contribution in [2.75, 3.05) is 12.4 Å². The van der Waals surface area contributed by atoms with Crippen molar-refractivity contribution in [3.05, 3.63) is 58.7 Å². The topological polar surface area (TPSA) is 74.2 Å². The number of methoxy groups -OCH3 is 1. The molecule has 0 aliphatic heterocycles. The molecule has 5 nitrogen and oxygen atoms in total. The summed E-state index contributed by atoms with van der Waals surface area (Å²) >= 11 is 0. The molecule has 1 aliphatic rings. The Balaban J connectivity index is 1.88. The molecular formula is C25H31N3O2. The Kier molecular flexibility index (Phi) is 5.81. The Morgan fingerprint density at radius 2 is 1.70 bits per heavy atom. The molecule has 30 heavy (non-hydrogen) atoms. The largest absolute Gasteiger partial charge is 0.494 e. The summed E-state index contributed by atoms with van der Waals surface area (Å²) in [7, 11) is 1.57. The number of rotatable bonds is 4. The third kappa shape index (κ3) is 4.43. The lowest BCUT2D eigenvalue weighted by molar-refractivity contribution is 0.248. The molecule has 3 rings (SSSR count). The monoisotopic (exact) mass is 405 g/mol. The van der Waals surface area contributed by atoms with E-state index in [0.717, 1.165) is 24.0 Å². The number of urea groups is 1. The van der Waals surface area contributed by atoms with E-state index in [1.165, 1.54) is 11.1 Å². The van der Waals surface area contributed by atoms with Gasteiger partial charge >= 0.3 is 6.03 Å². The number of hydrogen-bond acceptors (Lipinski definition) is 3. The first-order valence-corrected chi connectivity index (χ1v) is 10.3. The van der Waals surface area contributed by atoms with Gasteiger partial charge in [-0.1, -0.05) is 45.0 Å². The molecule has 158 valence electrons. The first-order valence-electron chi connectivity index (χ1n) is 10.3. The smallest absolute Gasteiger partial charge is 0.319 e. The van der Waals surface area contributed by atoms with Gasteiger partial charge in [0.2, 0.25) is 0 Å². The maximum Gasteiger partial charge on any atom is 0.319 e. The molecule has 2 aromatic rings. The number of nitriles is 1. The van der Waals surface area contributed by atoms with Crippen LogP contribution in [0.2, 0.25) is 0 Å². The third-order valence-corrected chi connectivity index (χ3v) is 5.75. The summed E-state index contributed by atoms with van der Waals surface area (Å²) in [6.45, 7) is 10.0. The molecule has 0 fully saturated rings. The van der Waals surface area contributed by atoms with Gasteiger partial charge in [-0.3, -0.25) is 0 Å². The third-order valence-electron chi connectivity index (χ3n) is 5.75. The highest BCUT2D eigenvalue weighted by Crippen LogP contribution is 2.41. The van der Waals surface area contributed by atoms with Crippen molar-refractivity contribution in [2.45, 2.75) is 64.3 Å². The lowest BCUT2D eigenvalue weighted by Gasteiger charge is -2.27. The van der Waals surface area contributed by atoms with Gasteiger partial charge in [-0.25, -0.2) is 4.79 Å². The van der Waals surface area contributed by atoms with Gasteiger partial charge in [0.05, 0.1) is 24.3 Å². The highest BCUT2D eigenvalue weighted by atomic mass is 16.5. The van der Waals surface area contributed by atoms with E-state index in [0.29, 0.717) is 11.4 Å². The fourth-order valence-corrected chi connectivity index (χ4v) is 3.90. The number of fused-ring (bicyclic) bond motifs is 1. The van der Waals surface area contributed by atoms with Crippen LogP contribution in [0, 0.1) is 11.3 Å². The van der Waals surface area contributed by atoms with Gasteiger partial charge in [0.1, 0.15) is 5.75 Å². The number of ether oxygens (including phenoxy) is 1. The van der Waals surface area contributed by atoms with Crippen LogP contribution in [0.15, 0.2) is 36.4 Å². The zero-order chi connectivity index (χ0) is 22.1. The number of nitrogens with one attached hydrogen (secondary N) is 2. The molecule has 0 spiro atoms. The fourth-order valence-electron chi connectivity index (χ4n) is 3.90. The summed E-state index contributed by atoms with van der Waals surface area (Å²) in [4.78, 5) is 12.8. The molecule has 0 unspecified atom stereocenters. The predicted octanol–water partition coefficient (Wildman–Crippen LogP) is 5.08. The average molecular weight is 406 g/mol. The van der Waals surface area contributed by atoms with Crippen molar-refractivity contribution >= 4 is 11.7 Å². The number of carbonyl (C=O) groups excluding carboxylic acids is 1. The van der Waals surface area contributed by atoms with Crippen molar-refractivity contribution < 1.29 is 9.53 Å². The predicted molar refractivity (Wildman–Crippen MR) is 120 cm³/mol. The van der Waals surface area contributed by atoms with Crippen LogP contribution in [0.4, 0.5) is 10.5 Å². The number of hydrogen-bond donors (Lipinski definition) is 2. The highest BCUT2D eigenvalue weighted by molar-refractivity contribution is 5.92. The minimum atomic E-state index is -0.757. The van der Waals surface area contributed by atoms with E-state index in [2.05, 4.69) is 49.6 Å². The van der Waals surface area contributed by atoms with Gasteiger partial charge in [-0.05, 0) is 60.9 Å². The number of benzene rings is 2. The summed E-state index contributed by atoms with van der Waals surface area (Å²) < 4.78 is 5.66. The van der Waals surface area contributed by atoms with Crippen LogP contribution in [0.1, 0.15) is 56.9 Å². The molecule has 2 N–H and O–H groups in total. The molecule has 1 aliphatic carbocycles. The van der Waals surface area contributed by atoms with E-state index in [1.807, 2.05) is 38.1 Å². The number of amides is 2. The molecular weight excluding hydrogens is 374 g/mol. The lowest BCUT2D eigenvalue weighted by Crippen LogP contribution is -2.38. The summed E-state index contributed by atoms with van der Waals surface area (Å²) in [5.74, 6) is 0.527. The van der Waals surface area contributed by atoms with Crippen LogP contribution in [-0.4, -0.2) is 19.2 Å². The van der Waals surface area contributed by atoms with Gasteiger partial charge in [0, 0.05) is 11.6 Å². The van der Waals surface area contributed by atoms with E-state index in [1.54, 1.807) is 7.11 Å². The Bertz CT molecular complexity index is 971. The standard InChI is InChI=1S/C25H31N3O2/c1-24(2,3)18-13-20(25(4,5)15-26)22(30-6)21(14-18)28-23(29)27-19-11-16-9-7-8-10-17(16)12-19/h7-10,13-14,19H,11-12H2,1-6H3,(H2,27,28,29). The number of carbonyl (C=O) groups is 1. The second kappa shape index (κ2) is 8.02. The van der Waals surface area contributed by atoms with E-state index in [4.69, 9.17) is 4.74 Å². The molecule has 0 saturated carbocycles. The maximum absolute atomic E-state index is 12.8. The summed E-state index contributed by atoms with van der Waals surface area (Å²) in [5, 5.41) is 15.8. The Labute approximate surface area is 179 Å². The summed E-state index contributed by atoms with van der Waals surface area (Å²) in [6.07, 6.45) is 1.66. The number of anilines is 1. The van der Waals surface area contributed by atoms with Crippen molar-refractivity contribution in [2.24, 2.45) is 0 Å². The zero-order valence-electron chi connectivity index (χ0n) is 18.7. The van der Waals surface area contributed by atoms with Crippen molar-refractivity contribution in [3.8, 4) is 11.8 Å². The summed E-state index contributed by atoms with van der Waals surface area (Å²) in [5.41, 5.74) is 4.05. The second-order valence-electron chi connectivity index (χ2n) is 9.56. The Morgan fingerprint density at radius 3 is 2.20 bits per heavy atom. The second-order valence-corrected chi connectivity index (χ2v) is 9.56. The van der Waals surface area contributed by atoms with Gasteiger partial charge < -0.3 is 15.4 Å². The highest BCUT2D eigenvalue weighted by Gasteiger charge is 2.30. The van der Waals surface area contributed by atoms with E-state index >= 15 is 0 Å². The molecule has 0 radical (unpaired) electrons. The van der Waals surface area contributed by atoms with Crippen LogP contribution in [0.5, 0.6) is 5.75 Å². The molecule has 2 amide bonds. The van der Waals surface area contributed by atoms with Crippen LogP contribution in [-0.2, 0) is 23.7 Å². The first-order chi connectivity index (χ1) is 14.0. The molecule has 0 heterocycles. The minimum absolute atomic E-state index is 0.0641. The van der Waals surface area contributed by atoms with E-state index < -0.39 is 5.41 Å². The quantitative estimate of drug-likeness (QED) is 0.745. The number of nitrogens with zero attached hydrogens (tertiary/aromatic N) is 1. The van der Waals surface area contributed by atoms with Gasteiger partial charge in [0.15, 0.2) is 0 Å². The maximum atomic E-state index is 12.8. The SMILES string of the molecule is COc1c(NC(=O)NC2Cc3ccccc3C2)cc(C(C)(C)C)cc1C(C)(C)C#N. The van der Waals surface area contributed by atoms with Crippen LogP contribution < -0.4 is 15.4 Å². The summed E-state index contributed by atoms with van der Waals surface area (Å²) in [6, 6.07) is 14.4. The van der Waals surface area contributed by atoms with Crippen LogP contribution in [0.3, 0.4) is 0 Å². The van der Waals surface area contributed by atoms with Crippen molar-refractivity contribution in [1.29, 1.82) is 5.26 Å². The average Bonchev–Trinajstić information content (AvgIpc) is 3.08. The van der Waals surface area contributed by atoms with E-state index in [9.17, 15) is 10.1 Å². The van der Waals surface area contributed by atoms with Gasteiger partial charge in [-0.15, -0.1) is 0 Å². The first kappa shape index (κ1) is 21.7. The van der Waals surface area contributed by atoms with Crippen molar-refractivity contribution in [3.63, 3.8) is 0 Å². The van der Waals surface area contributed by atoms with Gasteiger partial charge in [-0.2, -0.15) is 5.26 Å². The van der Waals surface area contributed by atoms with Crippen LogP contribution in [0.25, 0.3) is 0 Å². The molecule has 0 atom stereocenters. The lowest BCUT2D eigenvalue weighted by atomic mass is 9.79. The molecule has 0 saturated heterocycles. The fraction of sp³-hybridized carbons (Fsp3) is 0.440. The van der Waals surface area contributed by atoms with Crippen LogP contribution >= 0.6 is 0 Å².